The average Bonchev–Trinajstić information content (AvgIpc) is 2.12. The Bertz CT molecular complexity index is 304. The van der Waals surface area contributed by atoms with Crippen LogP contribution in [0.1, 0.15) is 53.4 Å². The second-order valence-electron chi connectivity index (χ2n) is 7.25. The maximum atomic E-state index is 11.9. The Hall–Kier alpha value is -0.830. The monoisotopic (exact) mass is 252 g/mol. The molecule has 1 fully saturated rings. The third-order valence-electron chi connectivity index (χ3n) is 3.66. The molecule has 1 aliphatic carbocycles. The Kier molecular flexibility index (Phi) is 4.60. The van der Waals surface area contributed by atoms with Gasteiger partial charge in [-0.25, -0.2) is 0 Å². The molecule has 0 aromatic heterocycles. The number of nitrogens with two attached hydrogens (primary N) is 1. The highest BCUT2D eigenvalue weighted by Crippen LogP contribution is 2.45. The topological polar surface area (TPSA) is 55.1 Å². The number of rotatable bonds is 4. The summed E-state index contributed by atoms with van der Waals surface area (Å²) in [6.07, 6.45) is 5.49. The summed E-state index contributed by atoms with van der Waals surface area (Å²) in [5, 5.41) is 3.10. The van der Waals surface area contributed by atoms with Gasteiger partial charge in [-0.2, -0.15) is 0 Å². The van der Waals surface area contributed by atoms with E-state index in [0.29, 0.717) is 6.42 Å². The van der Waals surface area contributed by atoms with Gasteiger partial charge in [-0.05, 0) is 36.5 Å². The molecule has 1 saturated carbocycles. The smallest absolute Gasteiger partial charge is 0.237 e. The Labute approximate surface area is 111 Å². The van der Waals surface area contributed by atoms with Crippen LogP contribution < -0.4 is 11.1 Å². The van der Waals surface area contributed by atoms with E-state index in [1.165, 1.54) is 6.42 Å². The lowest BCUT2D eigenvalue weighted by molar-refractivity contribution is -0.123. The minimum absolute atomic E-state index is 0.0478. The summed E-state index contributed by atoms with van der Waals surface area (Å²) < 4.78 is 0. The maximum Gasteiger partial charge on any atom is 0.237 e. The first-order chi connectivity index (χ1) is 8.15. The van der Waals surface area contributed by atoms with E-state index in [9.17, 15) is 4.79 Å². The molecule has 0 radical (unpaired) electrons. The lowest BCUT2D eigenvalue weighted by Gasteiger charge is -2.45. The summed E-state index contributed by atoms with van der Waals surface area (Å²) in [5.74, 6) is -0.0478. The zero-order valence-electron chi connectivity index (χ0n) is 12.3. The molecule has 0 spiro atoms. The predicted octanol–water partition coefficient (Wildman–Crippen LogP) is 2.61. The minimum Gasteiger partial charge on any atom is -0.352 e. The van der Waals surface area contributed by atoms with Crippen molar-refractivity contribution in [2.24, 2.45) is 16.6 Å². The zero-order chi connectivity index (χ0) is 14.0. The molecule has 3 N–H and O–H groups in total. The fourth-order valence-electron chi connectivity index (χ4n) is 3.54. The summed E-state index contributed by atoms with van der Waals surface area (Å²) in [6.45, 7) is 12.7. The molecule has 18 heavy (non-hydrogen) atoms. The van der Waals surface area contributed by atoms with Gasteiger partial charge in [0.15, 0.2) is 0 Å². The molecule has 0 aliphatic heterocycles. The Morgan fingerprint density at radius 1 is 1.39 bits per heavy atom. The van der Waals surface area contributed by atoms with Crippen LogP contribution in [0.15, 0.2) is 12.7 Å². The summed E-state index contributed by atoms with van der Waals surface area (Å²) in [5.41, 5.74) is 6.36. The zero-order valence-corrected chi connectivity index (χ0v) is 12.3. The fraction of sp³-hybridized carbons (Fsp3) is 0.800. The van der Waals surface area contributed by atoms with Gasteiger partial charge in [-0.3, -0.25) is 4.79 Å². The highest BCUT2D eigenvalue weighted by Gasteiger charge is 2.39. The molecule has 1 rings (SSSR count). The highest BCUT2D eigenvalue weighted by molar-refractivity contribution is 5.81. The molecule has 0 bridgehead atoms. The molecule has 0 saturated heterocycles. The van der Waals surface area contributed by atoms with E-state index in [1.807, 2.05) is 0 Å². The first-order valence-electron chi connectivity index (χ1n) is 6.82. The summed E-state index contributed by atoms with van der Waals surface area (Å²) in [4.78, 5) is 11.9. The molecule has 3 heteroatoms. The molecule has 1 unspecified atom stereocenters. The normalized spacial score (nSPS) is 24.3. The molecule has 3 nitrogen and oxygen atoms in total. The summed E-state index contributed by atoms with van der Waals surface area (Å²) >= 11 is 0. The van der Waals surface area contributed by atoms with Gasteiger partial charge in [0.25, 0.3) is 0 Å². The van der Waals surface area contributed by atoms with Crippen molar-refractivity contribution in [3.05, 3.63) is 12.7 Å². The van der Waals surface area contributed by atoms with E-state index < -0.39 is 6.04 Å². The van der Waals surface area contributed by atoms with E-state index in [-0.39, 0.29) is 22.8 Å². The van der Waals surface area contributed by atoms with Gasteiger partial charge in [0.05, 0.1) is 6.04 Å². The second-order valence-corrected chi connectivity index (χ2v) is 7.25. The molecule has 0 aromatic rings. The summed E-state index contributed by atoms with van der Waals surface area (Å²) in [6, 6.07) is -0.220. The van der Waals surface area contributed by atoms with Crippen molar-refractivity contribution in [3.63, 3.8) is 0 Å². The van der Waals surface area contributed by atoms with Crippen molar-refractivity contribution in [2.45, 2.75) is 65.5 Å². The molecule has 1 aliphatic rings. The van der Waals surface area contributed by atoms with Crippen LogP contribution in [0, 0.1) is 10.8 Å². The van der Waals surface area contributed by atoms with Crippen molar-refractivity contribution >= 4 is 5.91 Å². The Morgan fingerprint density at radius 3 is 2.33 bits per heavy atom. The number of carbonyl (C=O) groups excluding carboxylic acids is 1. The SMILES string of the molecule is C=CCC(N)C(=O)NC1CC(C)(C)CC(C)(C)C1. The van der Waals surface area contributed by atoms with E-state index in [1.54, 1.807) is 6.08 Å². The van der Waals surface area contributed by atoms with Crippen LogP contribution in [0.4, 0.5) is 0 Å². The minimum atomic E-state index is -0.462. The number of hydrogen-bond acceptors (Lipinski definition) is 2. The molecule has 0 aromatic carbocycles. The maximum absolute atomic E-state index is 11.9. The first kappa shape index (κ1) is 15.2. The third-order valence-corrected chi connectivity index (χ3v) is 3.66. The van der Waals surface area contributed by atoms with E-state index in [0.717, 1.165) is 12.8 Å². The van der Waals surface area contributed by atoms with Crippen molar-refractivity contribution in [2.75, 3.05) is 0 Å². The standard InChI is InChI=1S/C15H28N2O/c1-6-7-12(16)13(18)17-11-8-14(2,3)10-15(4,5)9-11/h6,11-12H,1,7-10,16H2,2-5H3,(H,17,18). The first-order valence-corrected chi connectivity index (χ1v) is 6.82. The van der Waals surface area contributed by atoms with E-state index in [2.05, 4.69) is 39.6 Å². The molecular weight excluding hydrogens is 224 g/mol. The molecular formula is C15H28N2O. The molecule has 0 heterocycles. The van der Waals surface area contributed by atoms with Crippen molar-refractivity contribution in [1.82, 2.24) is 5.32 Å². The molecule has 104 valence electrons. The largest absolute Gasteiger partial charge is 0.352 e. The number of nitrogens with one attached hydrogen (secondary N) is 1. The van der Waals surface area contributed by atoms with Crippen LogP contribution in [-0.4, -0.2) is 18.0 Å². The fourth-order valence-corrected chi connectivity index (χ4v) is 3.54. The molecule has 1 amide bonds. The quantitative estimate of drug-likeness (QED) is 0.756. The van der Waals surface area contributed by atoms with Crippen LogP contribution >= 0.6 is 0 Å². The number of amides is 1. The van der Waals surface area contributed by atoms with Crippen molar-refractivity contribution in [3.8, 4) is 0 Å². The van der Waals surface area contributed by atoms with Gasteiger partial charge < -0.3 is 11.1 Å². The van der Waals surface area contributed by atoms with Crippen LogP contribution in [0.5, 0.6) is 0 Å². The Balaban J connectivity index is 2.61. The van der Waals surface area contributed by atoms with Crippen LogP contribution in [0.25, 0.3) is 0 Å². The van der Waals surface area contributed by atoms with E-state index in [4.69, 9.17) is 5.73 Å². The second kappa shape index (κ2) is 5.43. The van der Waals surface area contributed by atoms with Gasteiger partial charge >= 0.3 is 0 Å². The lowest BCUT2D eigenvalue weighted by Crippen LogP contribution is -2.50. The van der Waals surface area contributed by atoms with Crippen molar-refractivity contribution in [1.29, 1.82) is 0 Å². The van der Waals surface area contributed by atoms with Gasteiger partial charge in [0, 0.05) is 6.04 Å². The Morgan fingerprint density at radius 2 is 1.89 bits per heavy atom. The van der Waals surface area contributed by atoms with Crippen LogP contribution in [0.2, 0.25) is 0 Å². The summed E-state index contributed by atoms with van der Waals surface area (Å²) in [7, 11) is 0. The van der Waals surface area contributed by atoms with Crippen LogP contribution in [-0.2, 0) is 4.79 Å². The van der Waals surface area contributed by atoms with Crippen molar-refractivity contribution < 1.29 is 4.79 Å². The highest BCUT2D eigenvalue weighted by atomic mass is 16.2. The van der Waals surface area contributed by atoms with E-state index >= 15 is 0 Å². The van der Waals surface area contributed by atoms with Gasteiger partial charge in [0.1, 0.15) is 0 Å². The average molecular weight is 252 g/mol. The predicted molar refractivity (Wildman–Crippen MR) is 76.1 cm³/mol. The number of carbonyl (C=O) groups is 1. The lowest BCUT2D eigenvalue weighted by atomic mass is 9.63. The van der Waals surface area contributed by atoms with Crippen LogP contribution in [0.3, 0.4) is 0 Å². The third kappa shape index (κ3) is 4.45. The number of hydrogen-bond donors (Lipinski definition) is 2. The van der Waals surface area contributed by atoms with Gasteiger partial charge in [-0.15, -0.1) is 6.58 Å². The molecule has 1 atom stereocenters. The van der Waals surface area contributed by atoms with Gasteiger partial charge in [0.2, 0.25) is 5.91 Å². The van der Waals surface area contributed by atoms with Gasteiger partial charge in [-0.1, -0.05) is 33.8 Å².